The highest BCUT2D eigenvalue weighted by atomic mass is 35.5. The molecule has 3 rings (SSSR count). The first-order valence-electron chi connectivity index (χ1n) is 9.32. The first-order valence-corrected chi connectivity index (χ1v) is 9.70. The molecule has 0 radical (unpaired) electrons. The number of aliphatic hydroxyl groups is 1. The average Bonchev–Trinajstić information content (AvgIpc) is 2.84. The van der Waals surface area contributed by atoms with Crippen LogP contribution in [0.2, 0.25) is 5.02 Å². The van der Waals surface area contributed by atoms with E-state index < -0.39 is 5.54 Å². The molecule has 8 heteroatoms. The van der Waals surface area contributed by atoms with Crippen LogP contribution in [0.5, 0.6) is 0 Å². The van der Waals surface area contributed by atoms with Crippen molar-refractivity contribution in [2.24, 2.45) is 0 Å². The van der Waals surface area contributed by atoms with Gasteiger partial charge in [-0.15, -0.1) is 0 Å². The van der Waals surface area contributed by atoms with Gasteiger partial charge >= 0.3 is 0 Å². The largest absolute Gasteiger partial charge is 0.509 e. The van der Waals surface area contributed by atoms with Crippen LogP contribution in [0.4, 0.5) is 0 Å². The number of hydrogen-bond donors (Lipinski definition) is 1. The molecule has 0 aliphatic carbocycles. The van der Waals surface area contributed by atoms with Crippen LogP contribution in [-0.2, 0) is 19.2 Å². The van der Waals surface area contributed by atoms with Crippen molar-refractivity contribution in [1.82, 2.24) is 10.1 Å². The summed E-state index contributed by atoms with van der Waals surface area (Å²) in [6.45, 7) is 5.48. The summed E-state index contributed by atoms with van der Waals surface area (Å²) in [5.74, 6) is -0.285. The number of ether oxygens (including phenoxy) is 1. The maximum atomic E-state index is 13.4. The van der Waals surface area contributed by atoms with Crippen LogP contribution in [0.1, 0.15) is 29.5 Å². The third-order valence-corrected chi connectivity index (χ3v) is 5.75. The van der Waals surface area contributed by atoms with Crippen LogP contribution >= 0.6 is 11.6 Å². The van der Waals surface area contributed by atoms with Gasteiger partial charge in [0.05, 0.1) is 25.9 Å². The van der Waals surface area contributed by atoms with Crippen LogP contribution in [0.3, 0.4) is 0 Å². The van der Waals surface area contributed by atoms with Gasteiger partial charge in [0.2, 0.25) is 0 Å². The number of amides is 1. The van der Waals surface area contributed by atoms with Gasteiger partial charge in [0.1, 0.15) is 11.3 Å². The second kappa shape index (κ2) is 8.39. The van der Waals surface area contributed by atoms with E-state index in [4.69, 9.17) is 26.0 Å². The molecule has 2 aliphatic rings. The topological polar surface area (TPSA) is 71.5 Å². The predicted molar refractivity (Wildman–Crippen MR) is 106 cm³/mol. The molecule has 1 fully saturated rings. The first-order chi connectivity index (χ1) is 13.4. The zero-order chi connectivity index (χ0) is 20.5. The maximum Gasteiger partial charge on any atom is 0.282 e. The number of carbonyl (C=O) groups is 1. The molecule has 0 unspecified atom stereocenters. The third-order valence-electron chi connectivity index (χ3n) is 5.53. The molecule has 0 bridgehead atoms. The minimum Gasteiger partial charge on any atom is -0.509 e. The lowest BCUT2D eigenvalue weighted by molar-refractivity contribution is -0.235. The summed E-state index contributed by atoms with van der Waals surface area (Å²) >= 11 is 6.16. The van der Waals surface area contributed by atoms with Gasteiger partial charge in [-0.3, -0.25) is 9.63 Å². The quantitative estimate of drug-likeness (QED) is 0.727. The highest BCUT2D eigenvalue weighted by molar-refractivity contribution is 6.31. The molecule has 0 saturated carbocycles. The molecule has 1 aromatic carbocycles. The maximum absolute atomic E-state index is 13.4. The van der Waals surface area contributed by atoms with Crippen LogP contribution in [0.15, 0.2) is 17.9 Å². The van der Waals surface area contributed by atoms with Crippen molar-refractivity contribution >= 4 is 23.1 Å². The minimum atomic E-state index is -0.909. The number of aryl methyl sites for hydroxylation is 2. The standard InChI is InChI=1S/C20H27ClN2O5/c1-13-11-15(21)12-14(2)16(13)17-18(24)20(5-7-22(27-4)8-6-20)23(19(17)25)28-10-9-26-3/h11-12,24H,5-10H2,1-4H3. The van der Waals surface area contributed by atoms with Crippen molar-refractivity contribution in [2.75, 3.05) is 40.5 Å². The van der Waals surface area contributed by atoms with Gasteiger partial charge in [-0.2, -0.15) is 5.06 Å². The fraction of sp³-hybridized carbons (Fsp3) is 0.550. The van der Waals surface area contributed by atoms with Gasteiger partial charge in [0.15, 0.2) is 0 Å². The molecular weight excluding hydrogens is 384 g/mol. The van der Waals surface area contributed by atoms with Gasteiger partial charge in [0.25, 0.3) is 5.91 Å². The molecule has 28 heavy (non-hydrogen) atoms. The number of aliphatic hydroxyl groups excluding tert-OH is 1. The molecule has 7 nitrogen and oxygen atoms in total. The Hall–Kier alpha value is -1.64. The number of methoxy groups -OCH3 is 1. The molecule has 2 heterocycles. The molecule has 2 aliphatic heterocycles. The zero-order valence-corrected chi connectivity index (χ0v) is 17.5. The van der Waals surface area contributed by atoms with Crippen molar-refractivity contribution in [3.63, 3.8) is 0 Å². The summed E-state index contributed by atoms with van der Waals surface area (Å²) < 4.78 is 5.05. The van der Waals surface area contributed by atoms with Gasteiger partial charge in [-0.1, -0.05) is 11.6 Å². The number of halogens is 1. The van der Waals surface area contributed by atoms with E-state index in [1.165, 1.54) is 5.06 Å². The molecule has 154 valence electrons. The number of benzene rings is 1. The second-order valence-electron chi connectivity index (χ2n) is 7.21. The summed E-state index contributed by atoms with van der Waals surface area (Å²) in [6.07, 6.45) is 1.00. The minimum absolute atomic E-state index is 0.0548. The highest BCUT2D eigenvalue weighted by Crippen LogP contribution is 2.46. The molecule has 1 saturated heterocycles. The Morgan fingerprint density at radius 2 is 1.75 bits per heavy atom. The number of rotatable bonds is 6. The molecule has 1 spiro atoms. The van der Waals surface area contributed by atoms with Crippen molar-refractivity contribution in [3.05, 3.63) is 39.6 Å². The summed E-state index contributed by atoms with van der Waals surface area (Å²) in [4.78, 5) is 24.5. The molecule has 0 atom stereocenters. The Kier molecular flexibility index (Phi) is 6.31. The van der Waals surface area contributed by atoms with Crippen LogP contribution in [-0.4, -0.2) is 67.2 Å². The number of carbonyl (C=O) groups excluding carboxylic acids is 1. The fourth-order valence-electron chi connectivity index (χ4n) is 4.13. The van der Waals surface area contributed by atoms with Gasteiger partial charge < -0.3 is 14.7 Å². The number of piperidine rings is 1. The summed E-state index contributed by atoms with van der Waals surface area (Å²) in [5.41, 5.74) is 1.76. The van der Waals surface area contributed by atoms with E-state index in [0.29, 0.717) is 43.1 Å². The molecular formula is C20H27ClN2O5. The molecule has 0 aromatic heterocycles. The Bertz CT molecular complexity index is 764. The van der Waals surface area contributed by atoms with Gasteiger partial charge in [-0.25, -0.2) is 5.06 Å². The molecule has 1 amide bonds. The fourth-order valence-corrected chi connectivity index (χ4v) is 4.46. The highest BCUT2D eigenvalue weighted by Gasteiger charge is 2.55. The molecule has 1 N–H and O–H groups in total. The summed E-state index contributed by atoms with van der Waals surface area (Å²) in [6, 6.07) is 3.60. The Balaban J connectivity index is 2.06. The van der Waals surface area contributed by atoms with Gasteiger partial charge in [-0.05, 0) is 55.5 Å². The monoisotopic (exact) mass is 410 g/mol. The average molecular weight is 411 g/mol. The lowest BCUT2D eigenvalue weighted by Gasteiger charge is -2.42. The number of nitrogens with zero attached hydrogens (tertiary/aromatic N) is 2. The summed E-state index contributed by atoms with van der Waals surface area (Å²) in [7, 11) is 3.19. The van der Waals surface area contributed by atoms with Crippen molar-refractivity contribution < 1.29 is 24.3 Å². The Morgan fingerprint density at radius 1 is 1.14 bits per heavy atom. The van der Waals surface area contributed by atoms with Crippen molar-refractivity contribution in [2.45, 2.75) is 32.2 Å². The summed E-state index contributed by atoms with van der Waals surface area (Å²) in [5, 5.41) is 15.1. The van der Waals surface area contributed by atoms with E-state index in [0.717, 1.165) is 11.1 Å². The Morgan fingerprint density at radius 3 is 2.29 bits per heavy atom. The zero-order valence-electron chi connectivity index (χ0n) is 16.7. The van der Waals surface area contributed by atoms with E-state index in [1.807, 2.05) is 18.9 Å². The van der Waals surface area contributed by atoms with Crippen molar-refractivity contribution in [3.8, 4) is 0 Å². The van der Waals surface area contributed by atoms with E-state index >= 15 is 0 Å². The van der Waals surface area contributed by atoms with Crippen LogP contribution < -0.4 is 0 Å². The van der Waals surface area contributed by atoms with Crippen molar-refractivity contribution in [1.29, 1.82) is 0 Å². The van der Waals surface area contributed by atoms with Crippen LogP contribution in [0, 0.1) is 13.8 Å². The van der Waals surface area contributed by atoms with E-state index in [9.17, 15) is 9.90 Å². The first kappa shape index (κ1) is 21.1. The number of hydrogen-bond acceptors (Lipinski definition) is 6. The molecule has 1 aromatic rings. The van der Waals surface area contributed by atoms with Gasteiger partial charge in [0, 0.05) is 25.2 Å². The van der Waals surface area contributed by atoms with Crippen LogP contribution in [0.25, 0.3) is 5.57 Å². The lowest BCUT2D eigenvalue weighted by atomic mass is 9.85. The smallest absolute Gasteiger partial charge is 0.282 e. The van der Waals surface area contributed by atoms with E-state index in [2.05, 4.69) is 0 Å². The van der Waals surface area contributed by atoms with E-state index in [1.54, 1.807) is 26.4 Å². The number of hydroxylamine groups is 4. The third kappa shape index (κ3) is 3.53. The second-order valence-corrected chi connectivity index (χ2v) is 7.64. The Labute approximate surface area is 170 Å². The lowest BCUT2D eigenvalue weighted by Crippen LogP contribution is -2.55. The van der Waals surface area contributed by atoms with E-state index in [-0.39, 0.29) is 23.8 Å². The predicted octanol–water partition coefficient (Wildman–Crippen LogP) is 3.04. The SMILES string of the molecule is COCCON1C(=O)C(c2c(C)cc(Cl)cc2C)=C(O)C12CCN(OC)CC2. The normalized spacial score (nSPS) is 19.9.